The number of aliphatic carboxylic acids is 1. The van der Waals surface area contributed by atoms with Crippen LogP contribution in [0.15, 0.2) is 0 Å². The summed E-state index contributed by atoms with van der Waals surface area (Å²) in [6.07, 6.45) is -0.448. The topological polar surface area (TPSA) is 208 Å². The molecule has 4 amide bonds. The van der Waals surface area contributed by atoms with Crippen LogP contribution in [0, 0.1) is 5.92 Å². The SMILES string of the molecule is CC(C)CC(NC(=O)C(N)CCC(N)=O)C(=O)NC(CC(N)=O)C(=O)O. The van der Waals surface area contributed by atoms with Crippen molar-refractivity contribution in [3.05, 3.63) is 0 Å². The van der Waals surface area contributed by atoms with E-state index in [4.69, 9.17) is 22.3 Å². The molecule has 0 rings (SSSR count). The van der Waals surface area contributed by atoms with Crippen LogP contribution in [0.1, 0.15) is 39.5 Å². The minimum atomic E-state index is -1.50. The predicted octanol–water partition coefficient (Wildman–Crippen LogP) is -2.45. The van der Waals surface area contributed by atoms with Crippen molar-refractivity contribution in [1.29, 1.82) is 0 Å². The number of nitrogens with two attached hydrogens (primary N) is 3. The molecular formula is C15H27N5O6. The molecule has 0 aromatic heterocycles. The lowest BCUT2D eigenvalue weighted by Crippen LogP contribution is -2.55. The number of primary amides is 2. The van der Waals surface area contributed by atoms with E-state index in [0.29, 0.717) is 0 Å². The molecular weight excluding hydrogens is 346 g/mol. The Morgan fingerprint density at radius 1 is 0.923 bits per heavy atom. The average Bonchev–Trinajstić information content (AvgIpc) is 2.49. The van der Waals surface area contributed by atoms with Crippen LogP contribution >= 0.6 is 0 Å². The summed E-state index contributed by atoms with van der Waals surface area (Å²) in [5.41, 5.74) is 15.6. The Labute approximate surface area is 151 Å². The monoisotopic (exact) mass is 373 g/mol. The van der Waals surface area contributed by atoms with Crippen molar-refractivity contribution in [2.75, 3.05) is 0 Å². The van der Waals surface area contributed by atoms with Gasteiger partial charge in [-0.1, -0.05) is 13.8 Å². The Balaban J connectivity index is 5.02. The van der Waals surface area contributed by atoms with Crippen LogP contribution in [0.2, 0.25) is 0 Å². The zero-order chi connectivity index (χ0) is 20.4. The van der Waals surface area contributed by atoms with Gasteiger partial charge in [-0.05, 0) is 18.8 Å². The Hall–Kier alpha value is -2.69. The molecule has 0 spiro atoms. The highest BCUT2D eigenvalue weighted by atomic mass is 16.4. The number of carboxylic acid groups (broad SMARTS) is 1. The van der Waals surface area contributed by atoms with E-state index in [1.807, 2.05) is 0 Å². The maximum Gasteiger partial charge on any atom is 0.326 e. The second-order valence-electron chi connectivity index (χ2n) is 6.37. The van der Waals surface area contributed by atoms with Crippen LogP contribution in [0.5, 0.6) is 0 Å². The summed E-state index contributed by atoms with van der Waals surface area (Å²) in [5, 5.41) is 13.7. The van der Waals surface area contributed by atoms with Crippen molar-refractivity contribution in [3.8, 4) is 0 Å². The van der Waals surface area contributed by atoms with Crippen molar-refractivity contribution >= 4 is 29.6 Å². The molecule has 0 saturated heterocycles. The Morgan fingerprint density at radius 2 is 1.46 bits per heavy atom. The summed E-state index contributed by atoms with van der Waals surface area (Å²) in [5.74, 6) is -4.38. The molecule has 11 heteroatoms. The third-order valence-electron chi connectivity index (χ3n) is 3.40. The van der Waals surface area contributed by atoms with Crippen molar-refractivity contribution in [2.24, 2.45) is 23.1 Å². The Bertz CT molecular complexity index is 551. The van der Waals surface area contributed by atoms with Crippen LogP contribution in [0.25, 0.3) is 0 Å². The first-order chi connectivity index (χ1) is 11.9. The second kappa shape index (κ2) is 11.0. The lowest BCUT2D eigenvalue weighted by molar-refractivity contribution is -0.143. The van der Waals surface area contributed by atoms with Crippen LogP contribution < -0.4 is 27.8 Å². The third kappa shape index (κ3) is 9.57. The van der Waals surface area contributed by atoms with E-state index in [1.54, 1.807) is 13.8 Å². The molecule has 9 N–H and O–H groups in total. The summed E-state index contributed by atoms with van der Waals surface area (Å²) >= 11 is 0. The van der Waals surface area contributed by atoms with Gasteiger partial charge in [0, 0.05) is 6.42 Å². The largest absolute Gasteiger partial charge is 0.480 e. The molecule has 0 fully saturated rings. The molecule has 3 unspecified atom stereocenters. The number of carboxylic acids is 1. The van der Waals surface area contributed by atoms with Crippen LogP contribution in [0.4, 0.5) is 0 Å². The average molecular weight is 373 g/mol. The zero-order valence-corrected chi connectivity index (χ0v) is 14.9. The van der Waals surface area contributed by atoms with E-state index in [9.17, 15) is 24.0 Å². The summed E-state index contributed by atoms with van der Waals surface area (Å²) in [6, 6.07) is -3.61. The van der Waals surface area contributed by atoms with Gasteiger partial charge in [0.15, 0.2) is 0 Å². The first kappa shape index (κ1) is 23.3. The summed E-state index contributed by atoms with van der Waals surface area (Å²) in [4.78, 5) is 57.2. The van der Waals surface area contributed by atoms with Gasteiger partial charge in [-0.15, -0.1) is 0 Å². The number of nitrogens with one attached hydrogen (secondary N) is 2. The Kier molecular flexibility index (Phi) is 9.89. The van der Waals surface area contributed by atoms with Gasteiger partial charge in [-0.25, -0.2) is 4.79 Å². The van der Waals surface area contributed by atoms with Crippen LogP contribution in [0.3, 0.4) is 0 Å². The van der Waals surface area contributed by atoms with Gasteiger partial charge >= 0.3 is 5.97 Å². The first-order valence-corrected chi connectivity index (χ1v) is 8.09. The second-order valence-corrected chi connectivity index (χ2v) is 6.37. The molecule has 0 aromatic carbocycles. The minimum Gasteiger partial charge on any atom is -0.480 e. The summed E-state index contributed by atoms with van der Waals surface area (Å²) in [7, 11) is 0. The molecule has 0 aliphatic carbocycles. The maximum atomic E-state index is 12.3. The van der Waals surface area contributed by atoms with Crippen molar-refractivity contribution in [3.63, 3.8) is 0 Å². The lowest BCUT2D eigenvalue weighted by Gasteiger charge is -2.23. The van der Waals surface area contributed by atoms with Gasteiger partial charge in [0.1, 0.15) is 12.1 Å². The third-order valence-corrected chi connectivity index (χ3v) is 3.40. The molecule has 0 bridgehead atoms. The van der Waals surface area contributed by atoms with Crippen molar-refractivity contribution < 1.29 is 29.1 Å². The summed E-state index contributed by atoms with van der Waals surface area (Å²) in [6.45, 7) is 3.61. The van der Waals surface area contributed by atoms with Gasteiger partial charge in [0.2, 0.25) is 23.6 Å². The van der Waals surface area contributed by atoms with E-state index in [-0.39, 0.29) is 25.2 Å². The van der Waals surface area contributed by atoms with Gasteiger partial charge in [0.05, 0.1) is 12.5 Å². The van der Waals surface area contributed by atoms with Gasteiger partial charge < -0.3 is 32.9 Å². The molecule has 0 aromatic rings. The molecule has 11 nitrogen and oxygen atoms in total. The van der Waals surface area contributed by atoms with Crippen LogP contribution in [-0.2, 0) is 24.0 Å². The van der Waals surface area contributed by atoms with E-state index < -0.39 is 54.1 Å². The molecule has 26 heavy (non-hydrogen) atoms. The summed E-state index contributed by atoms with van der Waals surface area (Å²) < 4.78 is 0. The van der Waals surface area contributed by atoms with E-state index in [1.165, 1.54) is 0 Å². The molecule has 0 saturated carbocycles. The van der Waals surface area contributed by atoms with E-state index in [0.717, 1.165) is 0 Å². The highest BCUT2D eigenvalue weighted by Gasteiger charge is 2.29. The molecule has 0 heterocycles. The molecule has 0 aliphatic rings. The molecule has 0 radical (unpaired) electrons. The lowest BCUT2D eigenvalue weighted by atomic mass is 10.0. The number of hydrogen-bond donors (Lipinski definition) is 6. The van der Waals surface area contributed by atoms with Crippen molar-refractivity contribution in [1.82, 2.24) is 10.6 Å². The quantitative estimate of drug-likeness (QED) is 0.217. The van der Waals surface area contributed by atoms with Gasteiger partial charge in [-0.2, -0.15) is 0 Å². The zero-order valence-electron chi connectivity index (χ0n) is 14.9. The normalized spacial score (nSPS) is 14.2. The fraction of sp³-hybridized carbons (Fsp3) is 0.667. The van der Waals surface area contributed by atoms with Crippen LogP contribution in [-0.4, -0.2) is 52.8 Å². The standard InChI is InChI=1S/C15H27N5O6/c1-7(2)5-9(19-13(23)8(16)3-4-11(17)21)14(24)20-10(15(25)26)6-12(18)22/h7-10H,3-6,16H2,1-2H3,(H2,17,21)(H2,18,22)(H,19,23)(H,20,24)(H,25,26). The first-order valence-electron chi connectivity index (χ1n) is 8.09. The number of carbonyl (C=O) groups is 5. The molecule has 148 valence electrons. The molecule has 3 atom stereocenters. The highest BCUT2D eigenvalue weighted by molar-refractivity contribution is 5.93. The van der Waals surface area contributed by atoms with Gasteiger partial charge in [0.25, 0.3) is 0 Å². The van der Waals surface area contributed by atoms with E-state index in [2.05, 4.69) is 10.6 Å². The highest BCUT2D eigenvalue weighted by Crippen LogP contribution is 2.07. The molecule has 0 aliphatic heterocycles. The number of rotatable bonds is 12. The predicted molar refractivity (Wildman–Crippen MR) is 91.2 cm³/mol. The fourth-order valence-electron chi connectivity index (χ4n) is 2.08. The maximum absolute atomic E-state index is 12.3. The van der Waals surface area contributed by atoms with Crippen molar-refractivity contribution in [2.45, 2.75) is 57.7 Å². The van der Waals surface area contributed by atoms with Gasteiger partial charge in [-0.3, -0.25) is 19.2 Å². The number of carbonyl (C=O) groups excluding carboxylic acids is 4. The minimum absolute atomic E-state index is 0.00712. The number of hydrogen-bond acceptors (Lipinski definition) is 6. The Morgan fingerprint density at radius 3 is 1.88 bits per heavy atom. The fourth-order valence-corrected chi connectivity index (χ4v) is 2.08. The van der Waals surface area contributed by atoms with E-state index >= 15 is 0 Å². The smallest absolute Gasteiger partial charge is 0.326 e. The number of amides is 4.